The molecule has 0 unspecified atom stereocenters. The first-order valence-corrected chi connectivity index (χ1v) is 10.0. The second-order valence-electron chi connectivity index (χ2n) is 7.21. The van der Waals surface area contributed by atoms with Crippen LogP contribution >= 0.6 is 0 Å². The average molecular weight is 376 g/mol. The molecule has 4 nitrogen and oxygen atoms in total. The monoisotopic (exact) mass is 375 g/mol. The molecule has 3 aromatic rings. The lowest BCUT2D eigenvalue weighted by molar-refractivity contribution is -0.130. The molecule has 0 aliphatic rings. The number of fused-ring (bicyclic) bond motifs is 1. The Morgan fingerprint density at radius 2 is 1.75 bits per heavy atom. The van der Waals surface area contributed by atoms with E-state index in [1.165, 1.54) is 0 Å². The molecule has 0 saturated heterocycles. The van der Waals surface area contributed by atoms with Gasteiger partial charge in [-0.25, -0.2) is 0 Å². The fourth-order valence-corrected chi connectivity index (χ4v) is 3.61. The minimum Gasteiger partial charge on any atom is -0.341 e. The number of rotatable bonds is 7. The number of aromatic nitrogens is 1. The van der Waals surface area contributed by atoms with Gasteiger partial charge in [-0.1, -0.05) is 55.5 Å². The highest BCUT2D eigenvalue weighted by Crippen LogP contribution is 2.33. The maximum Gasteiger partial charge on any atom is 0.227 e. The van der Waals surface area contributed by atoms with Crippen molar-refractivity contribution in [2.45, 2.75) is 39.7 Å². The van der Waals surface area contributed by atoms with Crippen molar-refractivity contribution in [3.8, 4) is 11.1 Å². The molecular weight excluding hydrogens is 346 g/mol. The molecule has 3 rings (SSSR count). The van der Waals surface area contributed by atoms with Crippen molar-refractivity contribution in [3.05, 3.63) is 65.9 Å². The smallest absolute Gasteiger partial charge is 0.227 e. The van der Waals surface area contributed by atoms with Gasteiger partial charge in [0.05, 0.1) is 11.9 Å². The van der Waals surface area contributed by atoms with Gasteiger partial charge in [-0.05, 0) is 43.0 Å². The van der Waals surface area contributed by atoms with Gasteiger partial charge in [-0.3, -0.25) is 9.78 Å². The summed E-state index contributed by atoms with van der Waals surface area (Å²) in [6.45, 7) is 7.30. The van der Waals surface area contributed by atoms with Crippen molar-refractivity contribution in [1.82, 2.24) is 9.88 Å². The van der Waals surface area contributed by atoms with Crippen LogP contribution in [0.15, 0.2) is 54.6 Å². The third kappa shape index (κ3) is 4.23. The molecule has 1 aromatic heterocycles. The van der Waals surface area contributed by atoms with E-state index in [0.29, 0.717) is 19.5 Å². The number of amides is 1. The minimum atomic E-state index is 0.00770. The van der Waals surface area contributed by atoms with E-state index in [0.717, 1.165) is 39.7 Å². The molecule has 146 valence electrons. The van der Waals surface area contributed by atoms with E-state index in [1.807, 2.05) is 62.1 Å². The van der Waals surface area contributed by atoms with Crippen LogP contribution in [0.5, 0.6) is 0 Å². The van der Waals surface area contributed by atoms with Gasteiger partial charge < -0.3 is 10.6 Å². The molecule has 0 spiro atoms. The fraction of sp³-hybridized carbons (Fsp3) is 0.333. The van der Waals surface area contributed by atoms with Crippen LogP contribution in [0.2, 0.25) is 0 Å². The van der Waals surface area contributed by atoms with E-state index in [-0.39, 0.29) is 11.9 Å². The van der Waals surface area contributed by atoms with Gasteiger partial charge in [-0.15, -0.1) is 0 Å². The first-order chi connectivity index (χ1) is 13.5. The molecule has 2 aromatic carbocycles. The summed E-state index contributed by atoms with van der Waals surface area (Å²) in [7, 11) is 0. The fourth-order valence-electron chi connectivity index (χ4n) is 3.61. The standard InChI is InChI=1S/C24H29N3O/c1-4-19(25)16-27(5-2)23(28)15-21-17(3)26-22-14-10-9-13-20(22)24(21)18-11-7-6-8-12-18/h6-14,19H,4-5,15-16,25H2,1-3H3/t19-/m0/s1. The highest BCUT2D eigenvalue weighted by molar-refractivity contribution is 5.98. The van der Waals surface area contributed by atoms with Crippen molar-refractivity contribution in [3.63, 3.8) is 0 Å². The van der Waals surface area contributed by atoms with Crippen LogP contribution in [-0.4, -0.2) is 34.9 Å². The highest BCUT2D eigenvalue weighted by Gasteiger charge is 2.20. The third-order valence-corrected chi connectivity index (χ3v) is 5.30. The number of benzene rings is 2. The number of likely N-dealkylation sites (N-methyl/N-ethyl adjacent to an activating group) is 1. The second kappa shape index (κ2) is 8.98. The average Bonchev–Trinajstić information content (AvgIpc) is 2.72. The predicted molar refractivity (Wildman–Crippen MR) is 116 cm³/mol. The molecule has 0 radical (unpaired) electrons. The van der Waals surface area contributed by atoms with Gasteiger partial charge >= 0.3 is 0 Å². The Bertz CT molecular complexity index is 953. The molecule has 0 aliphatic carbocycles. The Hall–Kier alpha value is -2.72. The van der Waals surface area contributed by atoms with Gasteiger partial charge in [0, 0.05) is 30.2 Å². The van der Waals surface area contributed by atoms with E-state index in [4.69, 9.17) is 10.7 Å². The summed E-state index contributed by atoms with van der Waals surface area (Å²) in [5.41, 5.74) is 11.2. The van der Waals surface area contributed by atoms with Crippen molar-refractivity contribution in [2.75, 3.05) is 13.1 Å². The van der Waals surface area contributed by atoms with Gasteiger partial charge in [0.1, 0.15) is 0 Å². The molecule has 0 bridgehead atoms. The number of hydrogen-bond acceptors (Lipinski definition) is 3. The molecule has 4 heteroatoms. The van der Waals surface area contributed by atoms with E-state index in [9.17, 15) is 4.79 Å². The van der Waals surface area contributed by atoms with Crippen LogP contribution in [0, 0.1) is 6.92 Å². The predicted octanol–water partition coefficient (Wildman–Crippen LogP) is 4.34. The highest BCUT2D eigenvalue weighted by atomic mass is 16.2. The molecular formula is C24H29N3O. The maximum absolute atomic E-state index is 13.1. The summed E-state index contributed by atoms with van der Waals surface area (Å²) in [6, 6.07) is 18.4. The quantitative estimate of drug-likeness (QED) is 0.668. The van der Waals surface area contributed by atoms with Crippen LogP contribution in [0.3, 0.4) is 0 Å². The molecule has 28 heavy (non-hydrogen) atoms. The van der Waals surface area contributed by atoms with Gasteiger partial charge in [0.2, 0.25) is 5.91 Å². The van der Waals surface area contributed by atoms with Crippen LogP contribution in [0.1, 0.15) is 31.5 Å². The van der Waals surface area contributed by atoms with Crippen LogP contribution < -0.4 is 5.73 Å². The SMILES string of the molecule is CC[C@H](N)CN(CC)C(=O)Cc1c(C)nc2ccccc2c1-c1ccccc1. The Labute approximate surface area is 167 Å². The van der Waals surface area contributed by atoms with E-state index >= 15 is 0 Å². The zero-order valence-electron chi connectivity index (χ0n) is 17.0. The normalized spacial score (nSPS) is 12.1. The van der Waals surface area contributed by atoms with E-state index < -0.39 is 0 Å². The molecule has 2 N–H and O–H groups in total. The summed E-state index contributed by atoms with van der Waals surface area (Å²) >= 11 is 0. The van der Waals surface area contributed by atoms with Crippen LogP contribution in [0.4, 0.5) is 0 Å². The van der Waals surface area contributed by atoms with Crippen LogP contribution in [0.25, 0.3) is 22.0 Å². The lowest BCUT2D eigenvalue weighted by Crippen LogP contribution is -2.41. The van der Waals surface area contributed by atoms with E-state index in [2.05, 4.69) is 18.2 Å². The Morgan fingerprint density at radius 3 is 2.43 bits per heavy atom. The summed E-state index contributed by atoms with van der Waals surface area (Å²) in [5, 5.41) is 1.08. The lowest BCUT2D eigenvalue weighted by Gasteiger charge is -2.25. The summed E-state index contributed by atoms with van der Waals surface area (Å²) in [6.07, 6.45) is 1.19. The van der Waals surface area contributed by atoms with Crippen LogP contribution in [-0.2, 0) is 11.2 Å². The molecule has 0 fully saturated rings. The van der Waals surface area contributed by atoms with Crippen molar-refractivity contribution >= 4 is 16.8 Å². The number of pyridine rings is 1. The van der Waals surface area contributed by atoms with E-state index in [1.54, 1.807) is 0 Å². The summed E-state index contributed by atoms with van der Waals surface area (Å²) in [5.74, 6) is 0.101. The van der Waals surface area contributed by atoms with Crippen molar-refractivity contribution in [2.24, 2.45) is 5.73 Å². The number of nitrogens with zero attached hydrogens (tertiary/aromatic N) is 2. The number of nitrogens with two attached hydrogens (primary N) is 1. The first-order valence-electron chi connectivity index (χ1n) is 10.0. The number of carbonyl (C=O) groups is 1. The molecule has 1 amide bonds. The molecule has 0 saturated carbocycles. The maximum atomic E-state index is 13.1. The number of carbonyl (C=O) groups excluding carboxylic acids is 1. The first kappa shape index (κ1) is 20.0. The van der Waals surface area contributed by atoms with Gasteiger partial charge in [-0.2, -0.15) is 0 Å². The third-order valence-electron chi connectivity index (χ3n) is 5.30. The molecule has 1 atom stereocenters. The molecule has 0 aliphatic heterocycles. The number of aryl methyl sites for hydroxylation is 1. The number of hydrogen-bond donors (Lipinski definition) is 1. The summed E-state index contributed by atoms with van der Waals surface area (Å²) in [4.78, 5) is 19.7. The van der Waals surface area contributed by atoms with Crippen molar-refractivity contribution < 1.29 is 4.79 Å². The second-order valence-corrected chi connectivity index (χ2v) is 7.21. The Balaban J connectivity index is 2.08. The Kier molecular flexibility index (Phi) is 6.42. The summed E-state index contributed by atoms with van der Waals surface area (Å²) < 4.78 is 0. The topological polar surface area (TPSA) is 59.2 Å². The van der Waals surface area contributed by atoms with Crippen molar-refractivity contribution in [1.29, 1.82) is 0 Å². The molecule has 1 heterocycles. The Morgan fingerprint density at radius 1 is 1.07 bits per heavy atom. The largest absolute Gasteiger partial charge is 0.341 e. The van der Waals surface area contributed by atoms with Gasteiger partial charge in [0.25, 0.3) is 0 Å². The lowest BCUT2D eigenvalue weighted by atomic mass is 9.92. The number of para-hydroxylation sites is 1. The minimum absolute atomic E-state index is 0.00770. The van der Waals surface area contributed by atoms with Gasteiger partial charge in [0.15, 0.2) is 0 Å². The zero-order valence-corrected chi connectivity index (χ0v) is 17.0. The zero-order chi connectivity index (χ0) is 20.1.